The SMILES string of the molecule is C/C=C\N.C=CCC.Cc1[nH]c(C2OCC(C)(C(=O)N3CCN(C)CC3)CO2)nc1-c1ccc2nccnc2c1. The van der Waals surface area contributed by atoms with E-state index in [1.807, 2.05) is 49.9 Å². The zero-order valence-corrected chi connectivity index (χ0v) is 24.4. The number of allylic oxidation sites excluding steroid dienone is 2. The van der Waals surface area contributed by atoms with Gasteiger partial charge in [-0.25, -0.2) is 4.98 Å². The summed E-state index contributed by atoms with van der Waals surface area (Å²) in [6.45, 7) is 15.2. The van der Waals surface area contributed by atoms with Crippen LogP contribution in [0.2, 0.25) is 0 Å². The number of piperazine rings is 1. The third-order valence-electron chi connectivity index (χ3n) is 6.76. The topological polar surface area (TPSA) is 122 Å². The van der Waals surface area contributed by atoms with Gasteiger partial charge in [-0.3, -0.25) is 14.8 Å². The fraction of sp³-hybridized carbons (Fsp3) is 0.467. The van der Waals surface area contributed by atoms with Crippen LogP contribution in [0.1, 0.15) is 45.0 Å². The summed E-state index contributed by atoms with van der Waals surface area (Å²) in [6, 6.07) is 5.90. The number of rotatable bonds is 4. The molecule has 2 aromatic heterocycles. The van der Waals surface area contributed by atoms with Gasteiger partial charge >= 0.3 is 0 Å². The molecule has 2 saturated heterocycles. The van der Waals surface area contributed by atoms with E-state index in [2.05, 4.69) is 40.4 Å². The maximum Gasteiger partial charge on any atom is 0.233 e. The number of amides is 1. The van der Waals surface area contributed by atoms with E-state index in [9.17, 15) is 4.79 Å². The van der Waals surface area contributed by atoms with Gasteiger partial charge in [0.25, 0.3) is 0 Å². The highest BCUT2D eigenvalue weighted by Gasteiger charge is 2.43. The molecule has 1 aromatic carbocycles. The van der Waals surface area contributed by atoms with Crippen molar-refractivity contribution in [1.82, 2.24) is 29.7 Å². The number of aromatic nitrogens is 4. The van der Waals surface area contributed by atoms with E-state index in [0.29, 0.717) is 19.0 Å². The number of H-pyrrole nitrogens is 1. The predicted octanol–water partition coefficient (Wildman–Crippen LogP) is 4.22. The van der Waals surface area contributed by atoms with Gasteiger partial charge in [-0.15, -0.1) is 6.58 Å². The standard InChI is InChI=1S/C23H28N6O3.C4H8.C3H7N/c1-15-19(16-4-5-17-18(12-16)25-7-6-24-17)27-20(26-15)21-31-13-23(2,14-32-21)22(30)29-10-8-28(3)9-11-29;1-3-4-2;1-2-3-4/h4-7,12,21H,8-11,13-14H2,1-3H3,(H,26,27);3H,1,4H2,2H3;2-3H,4H2,1H3/b;;3-2-. The van der Waals surface area contributed by atoms with Crippen molar-refractivity contribution in [2.45, 2.75) is 40.4 Å². The first-order valence-electron chi connectivity index (χ1n) is 13.7. The summed E-state index contributed by atoms with van der Waals surface area (Å²) in [7, 11) is 2.08. The number of hydrogen-bond donors (Lipinski definition) is 2. The van der Waals surface area contributed by atoms with Gasteiger partial charge in [0.05, 0.1) is 35.4 Å². The van der Waals surface area contributed by atoms with Crippen LogP contribution < -0.4 is 5.73 Å². The van der Waals surface area contributed by atoms with Gasteiger partial charge in [0.15, 0.2) is 5.82 Å². The molecule has 0 atom stereocenters. The number of aromatic amines is 1. The van der Waals surface area contributed by atoms with Gasteiger partial charge in [0, 0.05) is 49.8 Å². The first-order chi connectivity index (χ1) is 19.3. The van der Waals surface area contributed by atoms with E-state index in [0.717, 1.165) is 60.6 Å². The lowest BCUT2D eigenvalue weighted by Gasteiger charge is -2.41. The zero-order chi connectivity index (χ0) is 29.1. The molecule has 3 aromatic rings. The number of carbonyl (C=O) groups excluding carboxylic acids is 1. The monoisotopic (exact) mass is 549 g/mol. The maximum atomic E-state index is 13.1. The van der Waals surface area contributed by atoms with Gasteiger partial charge in [0.1, 0.15) is 0 Å². The largest absolute Gasteiger partial charge is 0.405 e. The second-order valence-electron chi connectivity index (χ2n) is 10.2. The van der Waals surface area contributed by atoms with Crippen LogP contribution in [0.4, 0.5) is 0 Å². The molecule has 0 aliphatic carbocycles. The van der Waals surface area contributed by atoms with Crippen LogP contribution in [-0.2, 0) is 14.3 Å². The lowest BCUT2D eigenvalue weighted by atomic mass is 9.90. The molecule has 5 rings (SSSR count). The Hall–Kier alpha value is -3.60. The number of nitrogens with one attached hydrogen (secondary N) is 1. The molecule has 2 aliphatic heterocycles. The van der Waals surface area contributed by atoms with E-state index in [1.165, 1.54) is 6.20 Å². The lowest BCUT2D eigenvalue weighted by Crippen LogP contribution is -2.55. The molecule has 216 valence electrons. The smallest absolute Gasteiger partial charge is 0.233 e. The average molecular weight is 550 g/mol. The van der Waals surface area contributed by atoms with Crippen LogP contribution in [0.25, 0.3) is 22.3 Å². The zero-order valence-electron chi connectivity index (χ0n) is 24.4. The third-order valence-corrected chi connectivity index (χ3v) is 6.76. The predicted molar refractivity (Wildman–Crippen MR) is 158 cm³/mol. The second kappa shape index (κ2) is 14.7. The molecule has 1 amide bonds. The summed E-state index contributed by atoms with van der Waals surface area (Å²) in [5.74, 6) is 0.698. The van der Waals surface area contributed by atoms with Crippen molar-refractivity contribution in [3.8, 4) is 11.3 Å². The number of aryl methyl sites for hydroxylation is 1. The fourth-order valence-electron chi connectivity index (χ4n) is 4.27. The Balaban J connectivity index is 0.000000490. The van der Waals surface area contributed by atoms with E-state index >= 15 is 0 Å². The third kappa shape index (κ3) is 7.74. The van der Waals surface area contributed by atoms with E-state index < -0.39 is 11.7 Å². The second-order valence-corrected chi connectivity index (χ2v) is 10.2. The molecule has 10 heteroatoms. The number of ether oxygens (including phenoxy) is 2. The Morgan fingerprint density at radius 3 is 2.35 bits per heavy atom. The molecule has 0 unspecified atom stereocenters. The van der Waals surface area contributed by atoms with Crippen LogP contribution in [-0.4, -0.2) is 82.1 Å². The number of fused-ring (bicyclic) bond motifs is 1. The highest BCUT2D eigenvalue weighted by Crippen LogP contribution is 2.34. The fourth-order valence-corrected chi connectivity index (χ4v) is 4.27. The van der Waals surface area contributed by atoms with E-state index in [1.54, 1.807) is 18.5 Å². The summed E-state index contributed by atoms with van der Waals surface area (Å²) in [4.78, 5) is 34.0. The number of imidazole rings is 1. The van der Waals surface area contributed by atoms with Crippen molar-refractivity contribution in [2.75, 3.05) is 46.4 Å². The Morgan fingerprint density at radius 2 is 1.77 bits per heavy atom. The van der Waals surface area contributed by atoms with Crippen molar-refractivity contribution in [1.29, 1.82) is 0 Å². The van der Waals surface area contributed by atoms with Gasteiger partial charge in [-0.05, 0) is 52.6 Å². The summed E-state index contributed by atoms with van der Waals surface area (Å²) < 4.78 is 12.0. The minimum Gasteiger partial charge on any atom is -0.405 e. The molecular weight excluding hydrogens is 506 g/mol. The molecule has 0 bridgehead atoms. The van der Waals surface area contributed by atoms with Crippen molar-refractivity contribution in [2.24, 2.45) is 11.1 Å². The Labute approximate surface area is 237 Å². The molecule has 2 aliphatic rings. The molecule has 0 saturated carbocycles. The number of nitrogens with zero attached hydrogens (tertiary/aromatic N) is 5. The number of benzene rings is 1. The van der Waals surface area contributed by atoms with Crippen LogP contribution in [0.3, 0.4) is 0 Å². The molecule has 3 N–H and O–H groups in total. The lowest BCUT2D eigenvalue weighted by molar-refractivity contribution is -0.234. The summed E-state index contributed by atoms with van der Waals surface area (Å²) in [5.41, 5.74) is 8.50. The van der Waals surface area contributed by atoms with Gasteiger partial charge < -0.3 is 30.0 Å². The molecule has 0 spiro atoms. The number of likely N-dealkylation sites (N-methyl/N-ethyl adjacent to an activating group) is 1. The Bertz CT molecular complexity index is 1270. The van der Waals surface area contributed by atoms with Crippen LogP contribution in [0, 0.1) is 12.3 Å². The molecular formula is C30H43N7O3. The summed E-state index contributed by atoms with van der Waals surface area (Å²) in [5, 5.41) is 0. The molecule has 10 nitrogen and oxygen atoms in total. The summed E-state index contributed by atoms with van der Waals surface area (Å²) in [6.07, 6.45) is 8.97. The van der Waals surface area contributed by atoms with E-state index in [4.69, 9.17) is 20.2 Å². The Morgan fingerprint density at radius 1 is 1.18 bits per heavy atom. The van der Waals surface area contributed by atoms with Gasteiger partial charge in [-0.1, -0.05) is 25.1 Å². The molecule has 0 radical (unpaired) electrons. The number of hydrogen-bond acceptors (Lipinski definition) is 8. The highest BCUT2D eigenvalue weighted by molar-refractivity contribution is 5.83. The normalized spacial score (nSPS) is 21.3. The van der Waals surface area contributed by atoms with Gasteiger partial charge in [0.2, 0.25) is 12.2 Å². The maximum absolute atomic E-state index is 13.1. The minimum atomic E-state index is -0.687. The van der Waals surface area contributed by atoms with E-state index in [-0.39, 0.29) is 5.91 Å². The molecule has 40 heavy (non-hydrogen) atoms. The minimum absolute atomic E-state index is 0.0950. The first kappa shape index (κ1) is 30.9. The van der Waals surface area contributed by atoms with Crippen molar-refractivity contribution >= 4 is 16.9 Å². The number of nitrogens with two attached hydrogens (primary N) is 1. The molecule has 2 fully saturated rings. The van der Waals surface area contributed by atoms with Crippen molar-refractivity contribution in [3.63, 3.8) is 0 Å². The van der Waals surface area contributed by atoms with Crippen molar-refractivity contribution in [3.05, 3.63) is 67.0 Å². The summed E-state index contributed by atoms with van der Waals surface area (Å²) >= 11 is 0. The highest BCUT2D eigenvalue weighted by atomic mass is 16.7. The van der Waals surface area contributed by atoms with Crippen LogP contribution >= 0.6 is 0 Å². The van der Waals surface area contributed by atoms with Crippen LogP contribution in [0.15, 0.2) is 55.5 Å². The molecule has 4 heterocycles. The quantitative estimate of drug-likeness (QED) is 0.464. The van der Waals surface area contributed by atoms with Crippen LogP contribution in [0.5, 0.6) is 0 Å². The van der Waals surface area contributed by atoms with Crippen molar-refractivity contribution < 1.29 is 14.3 Å². The first-order valence-corrected chi connectivity index (χ1v) is 13.7. The average Bonchev–Trinajstić information content (AvgIpc) is 3.38. The Kier molecular flexibility index (Phi) is 11.4. The van der Waals surface area contributed by atoms with Gasteiger partial charge in [-0.2, -0.15) is 0 Å². The number of carbonyl (C=O) groups is 1.